The predicted molar refractivity (Wildman–Crippen MR) is 98.9 cm³/mol. The Labute approximate surface area is 155 Å². The smallest absolute Gasteiger partial charge is 0.283 e. The lowest BCUT2D eigenvalue weighted by atomic mass is 9.80. The van der Waals surface area contributed by atoms with Crippen molar-refractivity contribution in [2.24, 2.45) is 10.7 Å². The predicted octanol–water partition coefficient (Wildman–Crippen LogP) is 2.85. The Morgan fingerprint density at radius 3 is 2.44 bits per heavy atom. The summed E-state index contributed by atoms with van der Waals surface area (Å²) in [5.41, 5.74) is 8.73. The zero-order chi connectivity index (χ0) is 18.4. The first-order valence-corrected chi connectivity index (χ1v) is 8.44. The molecule has 7 heteroatoms. The molecule has 0 fully saturated rings. The average molecular weight is 360 g/mol. The minimum atomic E-state index is -0.785. The number of ether oxygens (including phenoxy) is 3. The Kier molecular flexibility index (Phi) is 3.30. The van der Waals surface area contributed by atoms with E-state index in [4.69, 9.17) is 19.9 Å². The van der Waals surface area contributed by atoms with Gasteiger partial charge in [-0.15, -0.1) is 0 Å². The van der Waals surface area contributed by atoms with Crippen molar-refractivity contribution in [2.75, 3.05) is 13.7 Å². The molecule has 1 spiro atoms. The van der Waals surface area contributed by atoms with Crippen molar-refractivity contribution in [1.82, 2.24) is 9.97 Å². The second-order valence-corrected chi connectivity index (χ2v) is 6.40. The lowest BCUT2D eigenvalue weighted by molar-refractivity contribution is 0.264. The number of nitrogens with two attached hydrogens (primary N) is 1. The number of fused-ring (bicyclic) bond motifs is 4. The third-order valence-electron chi connectivity index (χ3n) is 4.90. The van der Waals surface area contributed by atoms with Gasteiger partial charge in [0, 0.05) is 29.1 Å². The summed E-state index contributed by atoms with van der Waals surface area (Å²) in [5.74, 6) is 2.14. The van der Waals surface area contributed by atoms with Gasteiger partial charge in [-0.1, -0.05) is 6.07 Å². The quantitative estimate of drug-likeness (QED) is 0.755. The van der Waals surface area contributed by atoms with Crippen LogP contribution in [-0.4, -0.2) is 29.7 Å². The Bertz CT molecular complexity index is 1070. The number of benzene rings is 2. The lowest BCUT2D eigenvalue weighted by Gasteiger charge is -2.33. The molecule has 1 atom stereocenters. The van der Waals surface area contributed by atoms with Crippen LogP contribution in [0.25, 0.3) is 11.1 Å². The van der Waals surface area contributed by atoms with Crippen LogP contribution in [0.1, 0.15) is 11.1 Å². The molecule has 1 aromatic heterocycles. The maximum atomic E-state index is 6.14. The molecule has 0 unspecified atom stereocenters. The first-order chi connectivity index (χ1) is 13.2. The van der Waals surface area contributed by atoms with Gasteiger partial charge < -0.3 is 19.9 Å². The first-order valence-electron chi connectivity index (χ1n) is 8.44. The zero-order valence-corrected chi connectivity index (χ0v) is 14.5. The normalized spacial score (nSPS) is 19.5. The van der Waals surface area contributed by atoms with Crippen LogP contribution in [0.2, 0.25) is 0 Å². The van der Waals surface area contributed by atoms with Crippen molar-refractivity contribution in [3.05, 3.63) is 66.2 Å². The van der Waals surface area contributed by atoms with Gasteiger partial charge in [0.2, 0.25) is 0 Å². The molecule has 27 heavy (non-hydrogen) atoms. The number of amidine groups is 1. The highest BCUT2D eigenvalue weighted by Gasteiger charge is 2.47. The second-order valence-electron chi connectivity index (χ2n) is 6.40. The molecule has 0 saturated carbocycles. The van der Waals surface area contributed by atoms with Crippen LogP contribution in [0.15, 0.2) is 60.1 Å². The van der Waals surface area contributed by atoms with Crippen molar-refractivity contribution >= 4 is 6.02 Å². The number of nitrogens with zero attached hydrogens (tertiary/aromatic N) is 3. The molecule has 0 amide bonds. The Morgan fingerprint density at radius 1 is 1.00 bits per heavy atom. The molecule has 2 aliphatic heterocycles. The van der Waals surface area contributed by atoms with Gasteiger partial charge in [-0.3, -0.25) is 0 Å². The second kappa shape index (κ2) is 5.70. The minimum absolute atomic E-state index is 0.157. The van der Waals surface area contributed by atoms with E-state index in [0.717, 1.165) is 28.0 Å². The van der Waals surface area contributed by atoms with E-state index in [2.05, 4.69) is 15.0 Å². The molecule has 134 valence electrons. The SMILES string of the molecule is COc1ccc2c(c1)[C@@]1(COC(N)=N1)c1cc(-c3cncnc3)ccc1O2. The maximum Gasteiger partial charge on any atom is 0.283 e. The summed E-state index contributed by atoms with van der Waals surface area (Å²) in [6.07, 6.45) is 5.04. The monoisotopic (exact) mass is 360 g/mol. The summed E-state index contributed by atoms with van der Waals surface area (Å²) in [6, 6.07) is 11.7. The van der Waals surface area contributed by atoms with Crippen LogP contribution in [0.4, 0.5) is 0 Å². The molecule has 2 aromatic carbocycles. The summed E-state index contributed by atoms with van der Waals surface area (Å²) in [5, 5.41) is 0. The van der Waals surface area contributed by atoms with Gasteiger partial charge in [0.1, 0.15) is 30.2 Å². The highest BCUT2D eigenvalue weighted by molar-refractivity contribution is 5.78. The number of hydrogen-bond donors (Lipinski definition) is 1. The molecule has 3 heterocycles. The van der Waals surface area contributed by atoms with Crippen LogP contribution in [-0.2, 0) is 10.3 Å². The van der Waals surface area contributed by atoms with Gasteiger partial charge >= 0.3 is 0 Å². The van der Waals surface area contributed by atoms with Crippen molar-refractivity contribution in [2.45, 2.75) is 5.54 Å². The van der Waals surface area contributed by atoms with Gasteiger partial charge in [-0.25, -0.2) is 15.0 Å². The van der Waals surface area contributed by atoms with Gasteiger partial charge in [0.05, 0.1) is 7.11 Å². The average Bonchev–Trinajstić information content (AvgIpc) is 3.11. The molecule has 0 bridgehead atoms. The van der Waals surface area contributed by atoms with Crippen molar-refractivity contribution < 1.29 is 14.2 Å². The molecule has 2 N–H and O–H groups in total. The summed E-state index contributed by atoms with van der Waals surface area (Å²) in [4.78, 5) is 12.9. The van der Waals surface area contributed by atoms with Gasteiger partial charge in [-0.2, -0.15) is 0 Å². The van der Waals surface area contributed by atoms with E-state index in [1.807, 2.05) is 36.4 Å². The number of aromatic nitrogens is 2. The largest absolute Gasteiger partial charge is 0.497 e. The Morgan fingerprint density at radius 2 is 1.74 bits per heavy atom. The molecule has 5 rings (SSSR count). The van der Waals surface area contributed by atoms with E-state index >= 15 is 0 Å². The van der Waals surface area contributed by atoms with Crippen molar-refractivity contribution in [3.63, 3.8) is 0 Å². The van der Waals surface area contributed by atoms with Gasteiger partial charge in [0.25, 0.3) is 6.02 Å². The molecule has 2 aliphatic rings. The molecular formula is C20H16N4O3. The zero-order valence-electron chi connectivity index (χ0n) is 14.5. The first kappa shape index (κ1) is 15.6. The lowest BCUT2D eigenvalue weighted by Crippen LogP contribution is -2.31. The highest BCUT2D eigenvalue weighted by atomic mass is 16.5. The molecule has 0 radical (unpaired) electrons. The topological polar surface area (TPSA) is 91.9 Å². The van der Waals surface area contributed by atoms with E-state index in [-0.39, 0.29) is 6.02 Å². The standard InChI is InChI=1S/C20H16N4O3/c1-25-14-3-5-18-16(7-14)20(10-26-19(21)24-20)15-6-12(2-4-17(15)27-18)13-8-22-11-23-9-13/h2-9,11H,10H2,1H3,(H2,21,24)/t20-/m1/s1. The summed E-state index contributed by atoms with van der Waals surface area (Å²) >= 11 is 0. The maximum absolute atomic E-state index is 6.14. The third kappa shape index (κ3) is 2.32. The fourth-order valence-electron chi connectivity index (χ4n) is 3.59. The number of aliphatic imine (C=N–C) groups is 1. The Hall–Kier alpha value is -3.61. The summed E-state index contributed by atoms with van der Waals surface area (Å²) < 4.78 is 17.1. The van der Waals surface area contributed by atoms with E-state index < -0.39 is 5.54 Å². The number of hydrogen-bond acceptors (Lipinski definition) is 7. The van der Waals surface area contributed by atoms with E-state index in [1.54, 1.807) is 19.5 Å². The molecule has 0 aliphatic carbocycles. The van der Waals surface area contributed by atoms with Crippen molar-refractivity contribution in [3.8, 4) is 28.4 Å². The molecular weight excluding hydrogens is 344 g/mol. The van der Waals surface area contributed by atoms with E-state index in [0.29, 0.717) is 18.1 Å². The fourth-order valence-corrected chi connectivity index (χ4v) is 3.59. The van der Waals surface area contributed by atoms with E-state index in [9.17, 15) is 0 Å². The van der Waals surface area contributed by atoms with Crippen LogP contribution >= 0.6 is 0 Å². The highest BCUT2D eigenvalue weighted by Crippen LogP contribution is 2.52. The van der Waals surface area contributed by atoms with Crippen LogP contribution in [0, 0.1) is 0 Å². The Balaban J connectivity index is 1.74. The van der Waals surface area contributed by atoms with Gasteiger partial charge in [0.15, 0.2) is 5.54 Å². The number of methoxy groups -OCH3 is 1. The third-order valence-corrected chi connectivity index (χ3v) is 4.90. The molecule has 0 saturated heterocycles. The molecule has 7 nitrogen and oxygen atoms in total. The van der Waals surface area contributed by atoms with Crippen LogP contribution < -0.4 is 15.2 Å². The van der Waals surface area contributed by atoms with Crippen molar-refractivity contribution in [1.29, 1.82) is 0 Å². The number of rotatable bonds is 2. The minimum Gasteiger partial charge on any atom is -0.497 e. The summed E-state index contributed by atoms with van der Waals surface area (Å²) in [7, 11) is 1.63. The van der Waals surface area contributed by atoms with Crippen LogP contribution in [0.5, 0.6) is 17.2 Å². The molecule has 3 aromatic rings. The summed E-state index contributed by atoms with van der Waals surface area (Å²) in [6.45, 7) is 0.296. The fraction of sp³-hybridized carbons (Fsp3) is 0.150. The van der Waals surface area contributed by atoms with E-state index in [1.165, 1.54) is 6.33 Å². The van der Waals surface area contributed by atoms with Crippen LogP contribution in [0.3, 0.4) is 0 Å². The van der Waals surface area contributed by atoms with Gasteiger partial charge in [-0.05, 0) is 35.9 Å².